The van der Waals surface area contributed by atoms with Gasteiger partial charge in [0.1, 0.15) is 0 Å². The number of aryl methyl sites for hydroxylation is 1. The number of nitrogens with one attached hydrogen (secondary N) is 2. The van der Waals surface area contributed by atoms with Crippen LogP contribution in [-0.2, 0) is 4.74 Å². The van der Waals surface area contributed by atoms with Crippen molar-refractivity contribution in [2.45, 2.75) is 16.7 Å². The summed E-state index contributed by atoms with van der Waals surface area (Å²) in [6.45, 7) is 4.50. The first-order chi connectivity index (χ1) is 19.0. The Bertz CT molecular complexity index is 1460. The maximum Gasteiger partial charge on any atom is 0.283 e. The van der Waals surface area contributed by atoms with E-state index in [1.54, 1.807) is 12.1 Å². The van der Waals surface area contributed by atoms with Crippen molar-refractivity contribution in [2.24, 2.45) is 5.10 Å². The van der Waals surface area contributed by atoms with Crippen molar-refractivity contribution in [3.05, 3.63) is 94.0 Å². The molecule has 0 bridgehead atoms. The van der Waals surface area contributed by atoms with Gasteiger partial charge in [0.25, 0.3) is 5.69 Å². The van der Waals surface area contributed by atoms with Gasteiger partial charge in [0.2, 0.25) is 17.8 Å². The molecule has 5 rings (SSSR count). The molecule has 12 heteroatoms. The molecule has 0 aliphatic carbocycles. The fourth-order valence-corrected chi connectivity index (χ4v) is 4.67. The molecule has 1 fully saturated rings. The Kier molecular flexibility index (Phi) is 8.24. The SMILES string of the molecule is Cc1ccc(Sc2ccc(C=NNc3nc(Nc4ccccc4)nc(N4CCOCC4)n3)cc2[N+](=O)[O-])cc1. The summed E-state index contributed by atoms with van der Waals surface area (Å²) in [6.07, 6.45) is 1.50. The van der Waals surface area contributed by atoms with Crippen molar-refractivity contribution < 1.29 is 9.66 Å². The molecule has 0 spiro atoms. The molecule has 39 heavy (non-hydrogen) atoms. The quantitative estimate of drug-likeness (QED) is 0.164. The molecule has 11 nitrogen and oxygen atoms in total. The van der Waals surface area contributed by atoms with Crippen molar-refractivity contribution in [3.8, 4) is 0 Å². The summed E-state index contributed by atoms with van der Waals surface area (Å²) < 4.78 is 5.45. The molecule has 0 radical (unpaired) electrons. The Morgan fingerprint density at radius 1 is 1.00 bits per heavy atom. The van der Waals surface area contributed by atoms with E-state index in [9.17, 15) is 10.1 Å². The third-order valence-corrected chi connectivity index (χ3v) is 6.83. The number of anilines is 4. The van der Waals surface area contributed by atoms with Crippen molar-refractivity contribution in [3.63, 3.8) is 0 Å². The second-order valence-corrected chi connectivity index (χ2v) is 9.76. The van der Waals surface area contributed by atoms with Gasteiger partial charge in [-0.15, -0.1) is 0 Å². The summed E-state index contributed by atoms with van der Waals surface area (Å²) in [5, 5.41) is 19.2. The fraction of sp³-hybridized carbons (Fsp3) is 0.185. The first kappa shape index (κ1) is 26.1. The van der Waals surface area contributed by atoms with Crippen LogP contribution in [0.3, 0.4) is 0 Å². The van der Waals surface area contributed by atoms with E-state index >= 15 is 0 Å². The van der Waals surface area contributed by atoms with Crippen LogP contribution in [0, 0.1) is 17.0 Å². The number of benzene rings is 3. The number of para-hydroxylation sites is 1. The monoisotopic (exact) mass is 542 g/mol. The van der Waals surface area contributed by atoms with Crippen LogP contribution in [0.4, 0.5) is 29.2 Å². The van der Waals surface area contributed by atoms with Gasteiger partial charge in [-0.1, -0.05) is 53.7 Å². The van der Waals surface area contributed by atoms with Gasteiger partial charge in [-0.25, -0.2) is 5.43 Å². The second kappa shape index (κ2) is 12.3. The van der Waals surface area contributed by atoms with Gasteiger partial charge < -0.3 is 15.0 Å². The maximum absolute atomic E-state index is 11.8. The minimum absolute atomic E-state index is 0.00800. The van der Waals surface area contributed by atoms with Gasteiger partial charge in [-0.2, -0.15) is 20.1 Å². The van der Waals surface area contributed by atoms with Gasteiger partial charge in [0.15, 0.2) is 0 Å². The summed E-state index contributed by atoms with van der Waals surface area (Å²) in [5.41, 5.74) is 5.38. The maximum atomic E-state index is 11.8. The summed E-state index contributed by atoms with van der Waals surface area (Å²) >= 11 is 1.35. The molecule has 0 amide bonds. The minimum atomic E-state index is -0.386. The Hall–Kier alpha value is -4.55. The number of hydrogen-bond acceptors (Lipinski definition) is 11. The Labute approximate surface area is 229 Å². The average Bonchev–Trinajstić information content (AvgIpc) is 2.96. The van der Waals surface area contributed by atoms with Crippen molar-refractivity contribution in [1.29, 1.82) is 0 Å². The highest BCUT2D eigenvalue weighted by Gasteiger charge is 2.18. The van der Waals surface area contributed by atoms with Crippen molar-refractivity contribution >= 4 is 47.2 Å². The van der Waals surface area contributed by atoms with Crippen LogP contribution >= 0.6 is 11.8 Å². The fourth-order valence-electron chi connectivity index (χ4n) is 3.77. The minimum Gasteiger partial charge on any atom is -0.378 e. The largest absolute Gasteiger partial charge is 0.378 e. The normalized spacial score (nSPS) is 13.4. The Morgan fingerprint density at radius 2 is 1.74 bits per heavy atom. The summed E-state index contributed by atoms with van der Waals surface area (Å²) in [5.74, 6) is 1.10. The van der Waals surface area contributed by atoms with Crippen LogP contribution in [-0.4, -0.2) is 52.4 Å². The predicted octanol–water partition coefficient (Wildman–Crippen LogP) is 5.27. The zero-order chi connectivity index (χ0) is 27.0. The van der Waals surface area contributed by atoms with Crippen LogP contribution in [0.25, 0.3) is 0 Å². The number of ether oxygens (including phenoxy) is 1. The van der Waals surface area contributed by atoms with Crippen molar-refractivity contribution in [1.82, 2.24) is 15.0 Å². The van der Waals surface area contributed by atoms with Crippen molar-refractivity contribution in [2.75, 3.05) is 41.9 Å². The number of hydrogen-bond donors (Lipinski definition) is 2. The molecule has 0 atom stereocenters. The molecule has 1 saturated heterocycles. The molecule has 198 valence electrons. The number of rotatable bonds is 9. The van der Waals surface area contributed by atoms with Gasteiger partial charge in [-0.3, -0.25) is 10.1 Å². The highest BCUT2D eigenvalue weighted by molar-refractivity contribution is 7.99. The van der Waals surface area contributed by atoms with Crippen LogP contribution < -0.4 is 15.6 Å². The lowest BCUT2D eigenvalue weighted by molar-refractivity contribution is -0.387. The van der Waals surface area contributed by atoms with E-state index in [0.717, 1.165) is 16.1 Å². The molecule has 1 aromatic heterocycles. The van der Waals surface area contributed by atoms with E-state index in [1.807, 2.05) is 66.4 Å². The van der Waals surface area contributed by atoms with Gasteiger partial charge in [0, 0.05) is 35.3 Å². The first-order valence-corrected chi connectivity index (χ1v) is 13.1. The van der Waals surface area contributed by atoms with Crippen LogP contribution in [0.15, 0.2) is 87.7 Å². The topological polar surface area (TPSA) is 131 Å². The zero-order valence-corrected chi connectivity index (χ0v) is 22.0. The number of aromatic nitrogens is 3. The highest BCUT2D eigenvalue weighted by atomic mass is 32.2. The average molecular weight is 543 g/mol. The summed E-state index contributed by atoms with van der Waals surface area (Å²) in [7, 11) is 0. The van der Waals surface area contributed by atoms with E-state index in [2.05, 4.69) is 30.8 Å². The van der Waals surface area contributed by atoms with E-state index in [-0.39, 0.29) is 16.6 Å². The molecule has 1 aliphatic heterocycles. The van der Waals surface area contributed by atoms with E-state index in [4.69, 9.17) is 4.74 Å². The van der Waals surface area contributed by atoms with Gasteiger partial charge in [-0.05, 0) is 37.3 Å². The number of nitrogens with zero attached hydrogens (tertiary/aromatic N) is 6. The van der Waals surface area contributed by atoms with E-state index in [0.29, 0.717) is 48.7 Å². The molecule has 0 unspecified atom stereocenters. The third-order valence-electron chi connectivity index (χ3n) is 5.75. The molecule has 1 aliphatic rings. The van der Waals surface area contributed by atoms with Crippen LogP contribution in [0.2, 0.25) is 0 Å². The Balaban J connectivity index is 1.34. The standard InChI is InChI=1S/C27H26N8O3S/c1-19-7-10-22(11-8-19)39-24-12-9-20(17-23(24)35(36)37)18-28-33-26-30-25(29-21-5-3-2-4-6-21)31-27(32-26)34-13-15-38-16-14-34/h2-12,17-18H,13-16H2,1H3,(H2,29,30,31,32,33). The number of nitro groups is 1. The molecule has 2 N–H and O–H groups in total. The van der Waals surface area contributed by atoms with Crippen LogP contribution in [0.5, 0.6) is 0 Å². The lowest BCUT2D eigenvalue weighted by Crippen LogP contribution is -2.37. The van der Waals surface area contributed by atoms with E-state index < -0.39 is 0 Å². The molecule has 4 aromatic rings. The number of hydrazone groups is 1. The summed E-state index contributed by atoms with van der Waals surface area (Å²) in [4.78, 5) is 28.4. The molecule has 0 saturated carbocycles. The Morgan fingerprint density at radius 3 is 2.49 bits per heavy atom. The number of morpholine rings is 1. The van der Waals surface area contributed by atoms with E-state index in [1.165, 1.54) is 24.0 Å². The lowest BCUT2D eigenvalue weighted by Gasteiger charge is -2.27. The van der Waals surface area contributed by atoms with Gasteiger partial charge >= 0.3 is 0 Å². The number of nitro benzene ring substituents is 1. The second-order valence-electron chi connectivity index (χ2n) is 8.64. The lowest BCUT2D eigenvalue weighted by atomic mass is 10.2. The zero-order valence-electron chi connectivity index (χ0n) is 21.2. The smallest absolute Gasteiger partial charge is 0.283 e. The molecular formula is C27H26N8O3S. The first-order valence-electron chi connectivity index (χ1n) is 12.3. The summed E-state index contributed by atoms with van der Waals surface area (Å²) in [6, 6.07) is 22.4. The molecule has 3 aromatic carbocycles. The highest BCUT2D eigenvalue weighted by Crippen LogP contribution is 2.35. The molecule has 2 heterocycles. The predicted molar refractivity (Wildman–Crippen MR) is 152 cm³/mol. The van der Waals surface area contributed by atoms with Gasteiger partial charge in [0.05, 0.1) is 29.2 Å². The van der Waals surface area contributed by atoms with Crippen LogP contribution in [0.1, 0.15) is 11.1 Å². The molecular weight excluding hydrogens is 516 g/mol. The third kappa shape index (κ3) is 7.06.